The summed E-state index contributed by atoms with van der Waals surface area (Å²) in [6, 6.07) is 0.451. The molecule has 1 aromatic heterocycles. The van der Waals surface area contributed by atoms with Crippen LogP contribution in [0.4, 0.5) is 0 Å². The van der Waals surface area contributed by atoms with Gasteiger partial charge < -0.3 is 13.3 Å². The lowest BCUT2D eigenvalue weighted by atomic mass is 10.5. The molecule has 1 aromatic rings. The SMILES string of the molecule is CC(C)O[Si](CCCn1c(=O)[nH]c(=O)[nH]c1=O)(OC(C)C)OC(C)C. The summed E-state index contributed by atoms with van der Waals surface area (Å²) in [5, 5.41) is 0. The first-order chi connectivity index (χ1) is 11.5. The number of rotatable bonds is 10. The first-order valence-electron chi connectivity index (χ1n) is 8.51. The minimum absolute atomic E-state index is 0.0802. The van der Waals surface area contributed by atoms with Crippen molar-refractivity contribution in [1.82, 2.24) is 14.5 Å². The second-order valence-corrected chi connectivity index (χ2v) is 9.20. The smallest absolute Gasteiger partial charge is 0.371 e. The zero-order chi connectivity index (χ0) is 19.2. The van der Waals surface area contributed by atoms with Crippen molar-refractivity contribution in [2.24, 2.45) is 0 Å². The topological polar surface area (TPSA) is 115 Å². The molecule has 10 heteroatoms. The molecular weight excluding hydrogens is 346 g/mol. The van der Waals surface area contributed by atoms with Crippen LogP contribution in [-0.4, -0.2) is 41.7 Å². The van der Waals surface area contributed by atoms with E-state index in [2.05, 4.69) is 0 Å². The van der Waals surface area contributed by atoms with Gasteiger partial charge in [0.1, 0.15) is 0 Å². The Hall–Kier alpha value is -1.49. The summed E-state index contributed by atoms with van der Waals surface area (Å²) in [6.45, 7) is 11.6. The van der Waals surface area contributed by atoms with Gasteiger partial charge in [-0.15, -0.1) is 0 Å². The van der Waals surface area contributed by atoms with Crippen LogP contribution in [0.5, 0.6) is 0 Å². The van der Waals surface area contributed by atoms with Crippen molar-refractivity contribution in [3.05, 3.63) is 31.5 Å². The molecule has 0 unspecified atom stereocenters. The minimum Gasteiger partial charge on any atom is -0.371 e. The Morgan fingerprint density at radius 1 is 0.840 bits per heavy atom. The van der Waals surface area contributed by atoms with Crippen LogP contribution >= 0.6 is 0 Å². The molecular formula is C15H29N3O6Si. The third-order valence-electron chi connectivity index (χ3n) is 3.04. The van der Waals surface area contributed by atoms with Crippen molar-refractivity contribution in [3.8, 4) is 0 Å². The normalized spacial score (nSPS) is 12.5. The maximum Gasteiger partial charge on any atom is 0.501 e. The van der Waals surface area contributed by atoms with E-state index in [1.54, 1.807) is 0 Å². The van der Waals surface area contributed by atoms with E-state index in [1.807, 2.05) is 51.5 Å². The first kappa shape index (κ1) is 21.5. The van der Waals surface area contributed by atoms with E-state index < -0.39 is 25.9 Å². The van der Waals surface area contributed by atoms with E-state index in [-0.39, 0.29) is 24.9 Å². The molecule has 0 aliphatic carbocycles. The zero-order valence-electron chi connectivity index (χ0n) is 15.8. The lowest BCUT2D eigenvalue weighted by Crippen LogP contribution is -2.51. The van der Waals surface area contributed by atoms with Crippen molar-refractivity contribution in [3.63, 3.8) is 0 Å². The highest BCUT2D eigenvalue weighted by molar-refractivity contribution is 6.60. The second-order valence-electron chi connectivity index (χ2n) is 6.63. The summed E-state index contributed by atoms with van der Waals surface area (Å²) in [5.41, 5.74) is -2.29. The van der Waals surface area contributed by atoms with Gasteiger partial charge in [0, 0.05) is 30.9 Å². The minimum atomic E-state index is -2.98. The number of nitrogens with one attached hydrogen (secondary N) is 2. The summed E-state index contributed by atoms with van der Waals surface area (Å²) in [7, 11) is -2.98. The summed E-state index contributed by atoms with van der Waals surface area (Å²) in [5.74, 6) is 0. The molecule has 0 spiro atoms. The van der Waals surface area contributed by atoms with E-state index in [0.717, 1.165) is 4.57 Å². The van der Waals surface area contributed by atoms with Gasteiger partial charge in [0.15, 0.2) is 0 Å². The van der Waals surface area contributed by atoms with Crippen molar-refractivity contribution in [2.75, 3.05) is 0 Å². The van der Waals surface area contributed by atoms with Gasteiger partial charge in [-0.2, -0.15) is 0 Å². The Morgan fingerprint density at radius 2 is 1.24 bits per heavy atom. The Balaban J connectivity index is 2.96. The molecule has 0 aromatic carbocycles. The molecule has 0 aliphatic heterocycles. The summed E-state index contributed by atoms with van der Waals surface area (Å²) in [4.78, 5) is 38.7. The molecule has 0 amide bonds. The van der Waals surface area contributed by atoms with Crippen LogP contribution in [0, 0.1) is 0 Å². The van der Waals surface area contributed by atoms with Crippen molar-refractivity contribution < 1.29 is 13.3 Å². The predicted molar refractivity (Wildman–Crippen MR) is 95.8 cm³/mol. The fourth-order valence-corrected chi connectivity index (χ4v) is 5.71. The molecule has 0 bridgehead atoms. The zero-order valence-corrected chi connectivity index (χ0v) is 16.8. The largest absolute Gasteiger partial charge is 0.501 e. The first-order valence-corrected chi connectivity index (χ1v) is 10.4. The van der Waals surface area contributed by atoms with Gasteiger partial charge in [-0.05, 0) is 48.0 Å². The van der Waals surface area contributed by atoms with E-state index in [0.29, 0.717) is 12.5 Å². The highest BCUT2D eigenvalue weighted by Gasteiger charge is 2.43. The van der Waals surface area contributed by atoms with Crippen LogP contribution in [0.1, 0.15) is 48.0 Å². The molecule has 0 aliphatic rings. The van der Waals surface area contributed by atoms with Gasteiger partial charge in [0.2, 0.25) is 0 Å². The second kappa shape index (κ2) is 9.27. The predicted octanol–water partition coefficient (Wildman–Crippen LogP) is 0.829. The van der Waals surface area contributed by atoms with Crippen LogP contribution in [0.15, 0.2) is 14.4 Å². The monoisotopic (exact) mass is 375 g/mol. The van der Waals surface area contributed by atoms with Gasteiger partial charge >= 0.3 is 25.9 Å². The number of nitrogens with zero attached hydrogens (tertiary/aromatic N) is 1. The van der Waals surface area contributed by atoms with E-state index in [9.17, 15) is 14.4 Å². The average molecular weight is 375 g/mol. The Kier molecular flexibility index (Phi) is 7.99. The third-order valence-corrected chi connectivity index (χ3v) is 6.50. The molecule has 144 valence electrons. The van der Waals surface area contributed by atoms with Crippen molar-refractivity contribution in [2.45, 2.75) is 78.9 Å². The molecule has 0 saturated heterocycles. The van der Waals surface area contributed by atoms with Crippen LogP contribution in [0.3, 0.4) is 0 Å². The van der Waals surface area contributed by atoms with Crippen molar-refractivity contribution >= 4 is 8.80 Å². The standard InChI is InChI=1S/C15H29N3O6Si/c1-10(2)22-25(23-11(3)4,24-12(5)6)9-7-8-18-14(20)16-13(19)17-15(18)21/h10-12H,7-9H2,1-6H3,(H2,16,17,19,20,21). The van der Waals surface area contributed by atoms with Gasteiger partial charge in [0.05, 0.1) is 0 Å². The van der Waals surface area contributed by atoms with Crippen LogP contribution < -0.4 is 17.1 Å². The van der Waals surface area contributed by atoms with Gasteiger partial charge in [-0.1, -0.05) is 0 Å². The number of H-pyrrole nitrogens is 2. The van der Waals surface area contributed by atoms with E-state index in [1.165, 1.54) is 0 Å². The van der Waals surface area contributed by atoms with Crippen LogP contribution in [0.25, 0.3) is 0 Å². The summed E-state index contributed by atoms with van der Waals surface area (Å²) < 4.78 is 19.1. The molecule has 9 nitrogen and oxygen atoms in total. The van der Waals surface area contributed by atoms with E-state index >= 15 is 0 Å². The highest BCUT2D eigenvalue weighted by atomic mass is 28.4. The van der Waals surface area contributed by atoms with E-state index in [4.69, 9.17) is 13.3 Å². The Morgan fingerprint density at radius 3 is 1.60 bits per heavy atom. The molecule has 0 fully saturated rings. The molecule has 0 atom stereocenters. The summed E-state index contributed by atoms with van der Waals surface area (Å²) >= 11 is 0. The lowest BCUT2D eigenvalue weighted by Gasteiger charge is -2.34. The van der Waals surface area contributed by atoms with Gasteiger partial charge in [-0.3, -0.25) is 9.97 Å². The molecule has 2 N–H and O–H groups in total. The molecule has 25 heavy (non-hydrogen) atoms. The number of aromatic nitrogens is 3. The Bertz CT molecular complexity index is 645. The lowest BCUT2D eigenvalue weighted by molar-refractivity contribution is 0.00266. The molecule has 1 heterocycles. The van der Waals surface area contributed by atoms with Gasteiger partial charge in [0.25, 0.3) is 0 Å². The summed E-state index contributed by atoms with van der Waals surface area (Å²) in [6.07, 6.45) is 0.197. The number of aromatic amines is 2. The van der Waals surface area contributed by atoms with Gasteiger partial charge in [-0.25, -0.2) is 19.0 Å². The maximum absolute atomic E-state index is 11.8. The number of hydrogen-bond donors (Lipinski definition) is 2. The Labute approximate surface area is 147 Å². The van der Waals surface area contributed by atoms with Crippen molar-refractivity contribution in [1.29, 1.82) is 0 Å². The van der Waals surface area contributed by atoms with Crippen LogP contribution in [0.2, 0.25) is 6.04 Å². The fourth-order valence-electron chi connectivity index (χ4n) is 2.45. The third kappa shape index (κ3) is 7.10. The molecule has 1 rings (SSSR count). The number of hydrogen-bond acceptors (Lipinski definition) is 6. The fraction of sp³-hybridized carbons (Fsp3) is 0.800. The average Bonchev–Trinajstić information content (AvgIpc) is 2.39. The molecule has 0 radical (unpaired) electrons. The maximum atomic E-state index is 11.8. The van der Waals surface area contributed by atoms with Crippen LogP contribution in [-0.2, 0) is 19.8 Å². The quantitative estimate of drug-likeness (QED) is 0.585. The highest BCUT2D eigenvalue weighted by Crippen LogP contribution is 2.23. The molecule has 0 saturated carbocycles.